The molecule has 4 heterocycles. The number of fused-ring (bicyclic) bond motifs is 3. The smallest absolute Gasteiger partial charge is 0.265 e. The van der Waals surface area contributed by atoms with Gasteiger partial charge < -0.3 is 29.2 Å². The van der Waals surface area contributed by atoms with Gasteiger partial charge in [0.2, 0.25) is 0 Å². The maximum Gasteiger partial charge on any atom is 0.265 e. The van der Waals surface area contributed by atoms with E-state index >= 15 is 0 Å². The molecule has 0 bridgehead atoms. The molecule has 10 heteroatoms. The summed E-state index contributed by atoms with van der Waals surface area (Å²) in [6.45, 7) is 4.21. The molecular formula is C20H24N4O5S. The Morgan fingerprint density at radius 2 is 1.93 bits per heavy atom. The molecule has 0 saturated carbocycles. The minimum Gasteiger partial charge on any atom is -0.349 e. The maximum absolute atomic E-state index is 12.8. The minimum absolute atomic E-state index is 0.0628. The molecule has 0 spiro atoms. The number of nitrogens with zero attached hydrogens (tertiary/aromatic N) is 3. The highest BCUT2D eigenvalue weighted by molar-refractivity contribution is 7.18. The molecule has 30 heavy (non-hydrogen) atoms. The summed E-state index contributed by atoms with van der Waals surface area (Å²) in [5.74, 6) is -0.0628. The van der Waals surface area contributed by atoms with Crippen molar-refractivity contribution in [3.05, 3.63) is 34.8 Å². The molecule has 2 aromatic heterocycles. The van der Waals surface area contributed by atoms with Crippen LogP contribution in [0.5, 0.6) is 0 Å². The average molecular weight is 433 g/mol. The van der Waals surface area contributed by atoms with Gasteiger partial charge in [0.15, 0.2) is 17.5 Å². The van der Waals surface area contributed by atoms with Crippen molar-refractivity contribution in [2.45, 2.75) is 19.1 Å². The molecule has 1 aromatic carbocycles. The zero-order chi connectivity index (χ0) is 20.5. The normalized spacial score (nSPS) is 18.2. The van der Waals surface area contributed by atoms with Crippen LogP contribution in [0.1, 0.15) is 15.2 Å². The highest BCUT2D eigenvalue weighted by atomic mass is 32.1. The first-order valence-corrected chi connectivity index (χ1v) is 10.8. The lowest BCUT2D eigenvalue weighted by Crippen LogP contribution is -2.34. The Morgan fingerprint density at radius 3 is 2.70 bits per heavy atom. The minimum atomic E-state index is -0.348. The molecule has 0 radical (unpaired) electrons. The average Bonchev–Trinajstić information content (AvgIpc) is 3.52. The maximum atomic E-state index is 12.8. The predicted molar refractivity (Wildman–Crippen MR) is 111 cm³/mol. The van der Waals surface area contributed by atoms with E-state index in [-0.39, 0.29) is 18.5 Å². The first-order valence-electron chi connectivity index (χ1n) is 10.0. The highest BCUT2D eigenvalue weighted by Crippen LogP contribution is 2.25. The predicted octanol–water partition coefficient (Wildman–Crippen LogP) is 1.46. The second kappa shape index (κ2) is 8.58. The van der Waals surface area contributed by atoms with Crippen LogP contribution in [0.2, 0.25) is 0 Å². The number of rotatable bonds is 7. The van der Waals surface area contributed by atoms with Crippen LogP contribution in [-0.4, -0.2) is 79.3 Å². The fourth-order valence-electron chi connectivity index (χ4n) is 3.63. The summed E-state index contributed by atoms with van der Waals surface area (Å²) in [7, 11) is 1.76. The van der Waals surface area contributed by atoms with E-state index in [1.54, 1.807) is 11.9 Å². The molecule has 160 valence electrons. The van der Waals surface area contributed by atoms with Gasteiger partial charge in [0, 0.05) is 26.3 Å². The van der Waals surface area contributed by atoms with E-state index < -0.39 is 0 Å². The van der Waals surface area contributed by atoms with Gasteiger partial charge in [-0.3, -0.25) is 9.20 Å². The quantitative estimate of drug-likeness (QED) is 0.605. The molecule has 1 amide bonds. The molecule has 0 atom stereocenters. The molecule has 5 rings (SSSR count). The number of aromatic nitrogens is 2. The summed E-state index contributed by atoms with van der Waals surface area (Å²) in [4.78, 5) is 20.6. The number of carbonyl (C=O) groups excluding carboxylic acids is 1. The van der Waals surface area contributed by atoms with Crippen molar-refractivity contribution in [3.63, 3.8) is 0 Å². The van der Waals surface area contributed by atoms with Crippen molar-refractivity contribution in [1.82, 2.24) is 19.6 Å². The van der Waals surface area contributed by atoms with E-state index in [4.69, 9.17) is 18.9 Å². The molecule has 2 aliphatic heterocycles. The van der Waals surface area contributed by atoms with Crippen molar-refractivity contribution in [2.75, 3.05) is 46.6 Å². The van der Waals surface area contributed by atoms with Crippen LogP contribution >= 0.6 is 11.3 Å². The molecular weight excluding hydrogens is 408 g/mol. The van der Waals surface area contributed by atoms with Crippen LogP contribution in [0.3, 0.4) is 0 Å². The Kier molecular flexibility index (Phi) is 5.68. The lowest BCUT2D eigenvalue weighted by molar-refractivity contribution is -0.0542. The summed E-state index contributed by atoms with van der Waals surface area (Å²) in [5, 5.41) is 3.36. The monoisotopic (exact) mass is 432 g/mol. The van der Waals surface area contributed by atoms with Crippen molar-refractivity contribution in [1.29, 1.82) is 0 Å². The fourth-order valence-corrected chi connectivity index (χ4v) is 4.62. The van der Waals surface area contributed by atoms with E-state index in [1.807, 2.05) is 16.7 Å². The van der Waals surface area contributed by atoms with Gasteiger partial charge in [0.1, 0.15) is 4.88 Å². The highest BCUT2D eigenvalue weighted by Gasteiger charge is 2.23. The number of imidazole rings is 1. The number of hydrogen-bond acceptors (Lipinski definition) is 8. The van der Waals surface area contributed by atoms with Crippen molar-refractivity contribution < 1.29 is 23.7 Å². The van der Waals surface area contributed by atoms with Gasteiger partial charge >= 0.3 is 0 Å². The zero-order valence-electron chi connectivity index (χ0n) is 16.7. The molecule has 1 N–H and O–H groups in total. The lowest BCUT2D eigenvalue weighted by Gasteiger charge is -2.19. The first kappa shape index (κ1) is 19.9. The van der Waals surface area contributed by atoms with Crippen molar-refractivity contribution in [3.8, 4) is 0 Å². The Morgan fingerprint density at radius 1 is 1.20 bits per heavy atom. The zero-order valence-corrected chi connectivity index (χ0v) is 17.5. The molecule has 0 unspecified atom stereocenters. The van der Waals surface area contributed by atoms with E-state index in [0.717, 1.165) is 21.6 Å². The second-order valence-corrected chi connectivity index (χ2v) is 8.35. The first-order chi connectivity index (χ1) is 14.7. The number of benzene rings is 1. The standard InChI is InChI=1S/C20H24N4O5S/c1-23(12-18-28-6-7-29-18)19(25)16-11-24-15-8-13(2-3-14(15)22-20(24)30-16)9-21-10-17-26-4-5-27-17/h2-3,8,11,17-18,21H,4-7,9-10,12H2,1H3. The Hall–Kier alpha value is -2.08. The van der Waals surface area contributed by atoms with Gasteiger partial charge in [-0.1, -0.05) is 17.4 Å². The molecule has 2 fully saturated rings. The third-order valence-electron chi connectivity index (χ3n) is 5.17. The number of ether oxygens (including phenoxy) is 4. The van der Waals surface area contributed by atoms with E-state index in [1.165, 1.54) is 11.3 Å². The van der Waals surface area contributed by atoms with Crippen LogP contribution in [0.15, 0.2) is 24.4 Å². The summed E-state index contributed by atoms with van der Waals surface area (Å²) in [5.41, 5.74) is 3.03. The topological polar surface area (TPSA) is 86.6 Å². The van der Waals surface area contributed by atoms with Crippen molar-refractivity contribution in [2.24, 2.45) is 0 Å². The van der Waals surface area contributed by atoms with E-state index in [9.17, 15) is 4.79 Å². The van der Waals surface area contributed by atoms with Crippen LogP contribution in [0.4, 0.5) is 0 Å². The molecule has 0 aliphatic carbocycles. The van der Waals surface area contributed by atoms with E-state index in [0.29, 0.717) is 50.9 Å². The summed E-state index contributed by atoms with van der Waals surface area (Å²) < 4.78 is 23.7. The summed E-state index contributed by atoms with van der Waals surface area (Å²) >= 11 is 1.39. The van der Waals surface area contributed by atoms with Gasteiger partial charge in [0.25, 0.3) is 5.91 Å². The second-order valence-electron chi connectivity index (χ2n) is 7.34. The molecule has 9 nitrogen and oxygen atoms in total. The van der Waals surface area contributed by atoms with Crippen LogP contribution < -0.4 is 5.32 Å². The van der Waals surface area contributed by atoms with E-state index in [2.05, 4.69) is 22.4 Å². The Balaban J connectivity index is 1.30. The number of amides is 1. The molecule has 3 aromatic rings. The van der Waals surface area contributed by atoms with Crippen LogP contribution in [0.25, 0.3) is 16.0 Å². The van der Waals surface area contributed by atoms with Gasteiger partial charge in [-0.25, -0.2) is 4.98 Å². The van der Waals surface area contributed by atoms with Gasteiger partial charge in [-0.05, 0) is 17.7 Å². The Bertz CT molecular complexity index is 1040. The van der Waals surface area contributed by atoms with Gasteiger partial charge in [-0.2, -0.15) is 0 Å². The largest absolute Gasteiger partial charge is 0.349 e. The van der Waals surface area contributed by atoms with Crippen LogP contribution in [-0.2, 0) is 25.5 Å². The summed E-state index contributed by atoms with van der Waals surface area (Å²) in [6.07, 6.45) is 1.35. The number of nitrogens with one attached hydrogen (secondary N) is 1. The van der Waals surface area contributed by atoms with Crippen molar-refractivity contribution >= 4 is 33.2 Å². The Labute approximate surface area is 177 Å². The number of carbonyl (C=O) groups is 1. The number of thiazole rings is 1. The third kappa shape index (κ3) is 4.07. The van der Waals surface area contributed by atoms with Gasteiger partial charge in [-0.15, -0.1) is 0 Å². The SMILES string of the molecule is CN(CC1OCCO1)C(=O)c1cn2c(nc3ccc(CNCC4OCCO4)cc32)s1. The van der Waals surface area contributed by atoms with Crippen LogP contribution in [0, 0.1) is 0 Å². The fraction of sp³-hybridized carbons (Fsp3) is 0.500. The number of hydrogen-bond donors (Lipinski definition) is 1. The molecule has 2 aliphatic rings. The van der Waals surface area contributed by atoms with Gasteiger partial charge in [0.05, 0.1) is 44.0 Å². The molecule has 2 saturated heterocycles. The number of likely N-dealkylation sites (N-methyl/N-ethyl adjacent to an activating group) is 1. The third-order valence-corrected chi connectivity index (χ3v) is 6.14. The summed E-state index contributed by atoms with van der Waals surface area (Å²) in [6, 6.07) is 6.17. The lowest BCUT2D eigenvalue weighted by atomic mass is 10.2.